The summed E-state index contributed by atoms with van der Waals surface area (Å²) in [5.41, 5.74) is 0.189. The quantitative estimate of drug-likeness (QED) is 0.297. The van der Waals surface area contributed by atoms with Crippen molar-refractivity contribution in [1.82, 2.24) is 10.2 Å². The molecule has 2 amide bonds. The number of carbonyl (C=O) groups excluding carboxylic acids is 4. The van der Waals surface area contributed by atoms with E-state index in [-0.39, 0.29) is 38.6 Å². The van der Waals surface area contributed by atoms with E-state index in [1.54, 1.807) is 39.0 Å². The van der Waals surface area contributed by atoms with E-state index in [1.807, 2.05) is 12.1 Å². The number of carbonyl (C=O) groups is 4. The zero-order chi connectivity index (χ0) is 29.7. The van der Waals surface area contributed by atoms with Gasteiger partial charge in [0.1, 0.15) is 36.7 Å². The molecule has 2 N–H and O–H groups in total. The van der Waals surface area contributed by atoms with Crippen molar-refractivity contribution in [2.45, 2.75) is 88.9 Å². The van der Waals surface area contributed by atoms with Crippen molar-refractivity contribution in [3.05, 3.63) is 45.0 Å². The number of amides is 2. The number of ether oxygens (including phenoxy) is 4. The molecule has 2 saturated heterocycles. The van der Waals surface area contributed by atoms with Gasteiger partial charge in [0.2, 0.25) is 11.8 Å². The van der Waals surface area contributed by atoms with Crippen LogP contribution in [0.15, 0.2) is 35.9 Å². The van der Waals surface area contributed by atoms with Crippen molar-refractivity contribution < 1.29 is 43.2 Å². The van der Waals surface area contributed by atoms with Gasteiger partial charge in [-0.1, -0.05) is 12.1 Å². The minimum absolute atomic E-state index is 0.0187. The summed E-state index contributed by atoms with van der Waals surface area (Å²) in [4.78, 5) is 53.4. The number of hydrogen-bond donors (Lipinski definition) is 2. The maximum atomic E-state index is 13.7. The molecule has 0 radical (unpaired) electrons. The van der Waals surface area contributed by atoms with Crippen molar-refractivity contribution in [2.24, 2.45) is 0 Å². The highest BCUT2D eigenvalue weighted by molar-refractivity contribution is 14.1. The molecule has 0 spiro atoms. The van der Waals surface area contributed by atoms with Gasteiger partial charge in [0, 0.05) is 28.5 Å². The third-order valence-electron chi connectivity index (χ3n) is 7.12. The number of nitrogens with one attached hydrogen (secondary N) is 1. The minimum atomic E-state index is -0.739. The van der Waals surface area contributed by atoms with Gasteiger partial charge in [0.15, 0.2) is 0 Å². The molecule has 5 atom stereocenters. The van der Waals surface area contributed by atoms with Gasteiger partial charge < -0.3 is 34.3 Å². The monoisotopic (exact) mass is 684 g/mol. The second-order valence-electron chi connectivity index (χ2n) is 11.4. The molecule has 12 heteroatoms. The highest BCUT2D eigenvalue weighted by atomic mass is 127. The first-order chi connectivity index (χ1) is 19.5. The molecular weight excluding hydrogens is 647 g/mol. The Kier molecular flexibility index (Phi) is 10.4. The van der Waals surface area contributed by atoms with Crippen LogP contribution in [0.5, 0.6) is 0 Å². The molecule has 0 bridgehead atoms. The third kappa shape index (κ3) is 8.05. The molecule has 11 nitrogen and oxygen atoms in total. The van der Waals surface area contributed by atoms with Crippen LogP contribution in [0, 0.1) is 3.57 Å². The second kappa shape index (κ2) is 13.6. The summed E-state index contributed by atoms with van der Waals surface area (Å²) in [6.07, 6.45) is 1.32. The van der Waals surface area contributed by atoms with Crippen LogP contribution >= 0.6 is 22.6 Å². The summed E-state index contributed by atoms with van der Waals surface area (Å²) < 4.78 is 23.2. The van der Waals surface area contributed by atoms with E-state index in [0.29, 0.717) is 30.5 Å². The smallest absolute Gasteiger partial charge is 0.339 e. The average Bonchev–Trinajstić information content (AvgIpc) is 3.60. The largest absolute Gasteiger partial charge is 0.460 e. The average molecular weight is 685 g/mol. The van der Waals surface area contributed by atoms with Crippen LogP contribution in [-0.4, -0.2) is 89.7 Å². The number of rotatable bonds is 9. The van der Waals surface area contributed by atoms with Crippen LogP contribution in [0.3, 0.4) is 0 Å². The first-order valence-electron chi connectivity index (χ1n) is 13.8. The molecule has 0 unspecified atom stereocenters. The number of aliphatic hydroxyl groups is 1. The fraction of sp³-hybridized carbons (Fsp3) is 0.586. The lowest BCUT2D eigenvalue weighted by Gasteiger charge is -2.33. The Morgan fingerprint density at radius 2 is 1.95 bits per heavy atom. The van der Waals surface area contributed by atoms with E-state index in [1.165, 1.54) is 4.90 Å². The predicted molar refractivity (Wildman–Crippen MR) is 155 cm³/mol. The SMILES string of the molecule is CC(C)(C)OC(=O)CC[C@@H](CO)NC(=O)[C@H]1CCCN1C(=O)C1=C[C@H]2OCO[C@H]2[C@H](OC(=O)c2ccccc2I)C1. The Balaban J connectivity index is 1.40. The maximum Gasteiger partial charge on any atom is 0.339 e. The van der Waals surface area contributed by atoms with Crippen molar-refractivity contribution in [2.75, 3.05) is 19.9 Å². The number of esters is 2. The van der Waals surface area contributed by atoms with Crippen LogP contribution in [0.25, 0.3) is 0 Å². The lowest BCUT2D eigenvalue weighted by atomic mass is 9.91. The maximum absolute atomic E-state index is 13.7. The fourth-order valence-electron chi connectivity index (χ4n) is 5.20. The van der Waals surface area contributed by atoms with Crippen LogP contribution in [0.4, 0.5) is 0 Å². The molecule has 3 aliphatic rings. The zero-order valence-corrected chi connectivity index (χ0v) is 25.6. The van der Waals surface area contributed by atoms with Gasteiger partial charge in [0.05, 0.1) is 18.2 Å². The lowest BCUT2D eigenvalue weighted by molar-refractivity contribution is -0.155. The van der Waals surface area contributed by atoms with Gasteiger partial charge >= 0.3 is 11.9 Å². The number of fused-ring (bicyclic) bond motifs is 1. The summed E-state index contributed by atoms with van der Waals surface area (Å²) in [5, 5.41) is 12.6. The minimum Gasteiger partial charge on any atom is -0.460 e. The molecule has 2 heterocycles. The Labute approximate surface area is 253 Å². The molecule has 41 heavy (non-hydrogen) atoms. The van der Waals surface area contributed by atoms with Crippen LogP contribution in [0.2, 0.25) is 0 Å². The fourth-order valence-corrected chi connectivity index (χ4v) is 5.81. The molecule has 0 aromatic heterocycles. The highest BCUT2D eigenvalue weighted by Gasteiger charge is 2.45. The van der Waals surface area contributed by atoms with Crippen molar-refractivity contribution >= 4 is 46.3 Å². The standard InChI is InChI=1S/C29H37IN2O9/c1-29(2,3)41-24(34)11-10-18(15-33)31-26(35)21-9-6-12-32(21)27(36)17-13-22-25(39-16-38-22)23(14-17)40-28(37)19-7-4-5-8-20(19)30/h4-5,7-8,13,18,21-23,25,33H,6,9-12,14-16H2,1-3H3,(H,31,35)/t18-,21+,22+,23+,25+/m0/s1. The number of nitrogens with zero attached hydrogens (tertiary/aromatic N) is 1. The van der Waals surface area contributed by atoms with E-state index >= 15 is 0 Å². The van der Waals surface area contributed by atoms with Gasteiger partial charge in [-0.15, -0.1) is 0 Å². The number of aliphatic hydroxyl groups excluding tert-OH is 1. The Bertz CT molecular complexity index is 1180. The van der Waals surface area contributed by atoms with Gasteiger partial charge in [-0.2, -0.15) is 0 Å². The summed E-state index contributed by atoms with van der Waals surface area (Å²) in [5.74, 6) is -1.65. The van der Waals surface area contributed by atoms with Crippen LogP contribution in [0.1, 0.15) is 63.2 Å². The normalized spacial score (nSPS) is 24.7. The Hall–Kier alpha value is -2.55. The summed E-state index contributed by atoms with van der Waals surface area (Å²) >= 11 is 2.07. The molecule has 1 aromatic carbocycles. The second-order valence-corrected chi connectivity index (χ2v) is 12.5. The van der Waals surface area contributed by atoms with Crippen molar-refractivity contribution in [3.63, 3.8) is 0 Å². The predicted octanol–water partition coefficient (Wildman–Crippen LogP) is 2.48. The van der Waals surface area contributed by atoms with Gasteiger partial charge in [-0.05, 0) is 80.8 Å². The first-order valence-corrected chi connectivity index (χ1v) is 14.9. The molecular formula is C29H37IN2O9. The Morgan fingerprint density at radius 1 is 1.20 bits per heavy atom. The van der Waals surface area contributed by atoms with E-state index in [4.69, 9.17) is 18.9 Å². The molecule has 1 aliphatic carbocycles. The van der Waals surface area contributed by atoms with Gasteiger partial charge in [-0.3, -0.25) is 14.4 Å². The molecule has 0 saturated carbocycles. The van der Waals surface area contributed by atoms with Crippen molar-refractivity contribution in [1.29, 1.82) is 0 Å². The first kappa shape index (κ1) is 31.4. The van der Waals surface area contributed by atoms with Gasteiger partial charge in [0.25, 0.3) is 0 Å². The van der Waals surface area contributed by atoms with Crippen LogP contribution in [-0.2, 0) is 33.3 Å². The molecule has 4 rings (SSSR count). The molecule has 1 aromatic rings. The lowest BCUT2D eigenvalue weighted by Crippen LogP contribution is -2.51. The van der Waals surface area contributed by atoms with E-state index < -0.39 is 53.8 Å². The number of benzene rings is 1. The highest BCUT2D eigenvalue weighted by Crippen LogP contribution is 2.33. The summed E-state index contributed by atoms with van der Waals surface area (Å²) in [6, 6.07) is 5.68. The van der Waals surface area contributed by atoms with Crippen molar-refractivity contribution in [3.8, 4) is 0 Å². The molecule has 2 aliphatic heterocycles. The number of halogens is 1. The molecule has 224 valence electrons. The van der Waals surface area contributed by atoms with E-state index in [2.05, 4.69) is 27.9 Å². The summed E-state index contributed by atoms with van der Waals surface area (Å²) in [7, 11) is 0. The third-order valence-corrected chi connectivity index (χ3v) is 8.07. The number of likely N-dealkylation sites (tertiary alicyclic amines) is 1. The molecule has 2 fully saturated rings. The van der Waals surface area contributed by atoms with Gasteiger partial charge in [-0.25, -0.2) is 4.79 Å². The van der Waals surface area contributed by atoms with Crippen LogP contribution < -0.4 is 5.32 Å². The zero-order valence-electron chi connectivity index (χ0n) is 23.5. The number of hydrogen-bond acceptors (Lipinski definition) is 9. The van der Waals surface area contributed by atoms with E-state index in [0.717, 1.165) is 3.57 Å². The Morgan fingerprint density at radius 3 is 2.66 bits per heavy atom. The topological polar surface area (TPSA) is 141 Å². The van der Waals surface area contributed by atoms with E-state index in [9.17, 15) is 24.3 Å². The summed E-state index contributed by atoms with van der Waals surface area (Å²) in [6.45, 7) is 5.36.